The summed E-state index contributed by atoms with van der Waals surface area (Å²) in [5, 5.41) is 2.91. The summed E-state index contributed by atoms with van der Waals surface area (Å²) in [4.78, 5) is 20.9. The Morgan fingerprint density at radius 3 is 2.83 bits per heavy atom. The van der Waals surface area contributed by atoms with E-state index in [1.807, 2.05) is 24.3 Å². The molecule has 3 aromatic rings. The number of para-hydroxylation sites is 2. The molecule has 2 N–H and O–H groups in total. The second-order valence-corrected chi connectivity index (χ2v) is 7.50. The van der Waals surface area contributed by atoms with Crippen molar-refractivity contribution in [2.24, 2.45) is 0 Å². The molecule has 0 atom stereocenters. The molecule has 0 bridgehead atoms. The fourth-order valence-corrected chi connectivity index (χ4v) is 3.77. The number of aromatic nitrogens is 2. The lowest BCUT2D eigenvalue weighted by atomic mass is 10.2. The van der Waals surface area contributed by atoms with Crippen LogP contribution in [0.15, 0.2) is 45.8 Å². The lowest BCUT2D eigenvalue weighted by molar-refractivity contribution is -0.118. The van der Waals surface area contributed by atoms with E-state index in [1.54, 1.807) is 11.8 Å². The number of hydrogen-bond acceptors (Lipinski definition) is 3. The van der Waals surface area contributed by atoms with Gasteiger partial charge in [0.2, 0.25) is 5.91 Å². The molecule has 0 aliphatic rings. The maximum absolute atomic E-state index is 12.1. The van der Waals surface area contributed by atoms with Crippen molar-refractivity contribution >= 4 is 44.6 Å². The molecule has 0 saturated heterocycles. The van der Waals surface area contributed by atoms with Gasteiger partial charge in [-0.15, -0.1) is 11.8 Å². The van der Waals surface area contributed by atoms with Crippen LogP contribution in [-0.4, -0.2) is 21.6 Å². The fourth-order valence-electron chi connectivity index (χ4n) is 2.38. The Morgan fingerprint density at radius 1 is 1.25 bits per heavy atom. The van der Waals surface area contributed by atoms with Crippen LogP contribution in [0, 0.1) is 13.8 Å². The van der Waals surface area contributed by atoms with E-state index in [4.69, 9.17) is 0 Å². The van der Waals surface area contributed by atoms with Gasteiger partial charge in [0, 0.05) is 9.37 Å². The molecule has 0 unspecified atom stereocenters. The predicted octanol–water partition coefficient (Wildman–Crippen LogP) is 4.35. The van der Waals surface area contributed by atoms with Crippen molar-refractivity contribution in [3.8, 4) is 0 Å². The highest BCUT2D eigenvalue weighted by Gasteiger charge is 2.08. The van der Waals surface area contributed by atoms with Crippen molar-refractivity contribution in [1.82, 2.24) is 15.3 Å². The van der Waals surface area contributed by atoms with Crippen LogP contribution in [0.4, 0.5) is 0 Å². The van der Waals surface area contributed by atoms with Crippen LogP contribution in [0.25, 0.3) is 11.0 Å². The number of benzene rings is 2. The molecular weight excluding hydrogens is 386 g/mol. The van der Waals surface area contributed by atoms with Gasteiger partial charge in [-0.3, -0.25) is 4.79 Å². The minimum Gasteiger partial charge on any atom is -0.348 e. The third kappa shape index (κ3) is 3.99. The maximum Gasteiger partial charge on any atom is 0.230 e. The number of amides is 1. The molecule has 1 heterocycles. The Hall–Kier alpha value is -1.79. The van der Waals surface area contributed by atoms with E-state index in [0.29, 0.717) is 12.3 Å². The quantitative estimate of drug-likeness (QED) is 0.622. The van der Waals surface area contributed by atoms with E-state index in [9.17, 15) is 4.79 Å². The molecule has 0 aliphatic heterocycles. The van der Waals surface area contributed by atoms with Crippen molar-refractivity contribution in [3.05, 3.63) is 57.8 Å². The number of carbonyl (C=O) groups is 1. The van der Waals surface area contributed by atoms with Gasteiger partial charge in [0.1, 0.15) is 5.82 Å². The highest BCUT2D eigenvalue weighted by Crippen LogP contribution is 2.28. The lowest BCUT2D eigenvalue weighted by Gasteiger charge is -2.08. The van der Waals surface area contributed by atoms with Gasteiger partial charge in [0.25, 0.3) is 0 Å². The third-order valence-electron chi connectivity index (χ3n) is 3.71. The van der Waals surface area contributed by atoms with E-state index in [1.165, 1.54) is 11.1 Å². The van der Waals surface area contributed by atoms with Gasteiger partial charge in [-0.1, -0.05) is 28.1 Å². The van der Waals surface area contributed by atoms with Crippen molar-refractivity contribution in [1.29, 1.82) is 0 Å². The molecule has 1 amide bonds. The number of hydrogen-bond donors (Lipinski definition) is 2. The Kier molecular flexibility index (Phi) is 5.26. The van der Waals surface area contributed by atoms with Gasteiger partial charge in [0.15, 0.2) is 0 Å². The molecule has 0 radical (unpaired) electrons. The van der Waals surface area contributed by atoms with Gasteiger partial charge >= 0.3 is 0 Å². The number of nitrogens with zero attached hydrogens (tertiary/aromatic N) is 1. The SMILES string of the molecule is Cc1cc(SCC(=O)NCc2nc3ccccc3[nH]2)c(C)cc1Br. The summed E-state index contributed by atoms with van der Waals surface area (Å²) in [6.07, 6.45) is 0. The largest absolute Gasteiger partial charge is 0.348 e. The van der Waals surface area contributed by atoms with Gasteiger partial charge < -0.3 is 10.3 Å². The molecule has 124 valence electrons. The highest BCUT2D eigenvalue weighted by molar-refractivity contribution is 9.10. The van der Waals surface area contributed by atoms with Crippen molar-refractivity contribution in [2.45, 2.75) is 25.3 Å². The average molecular weight is 404 g/mol. The zero-order valence-corrected chi connectivity index (χ0v) is 15.9. The van der Waals surface area contributed by atoms with Crippen molar-refractivity contribution in [3.63, 3.8) is 0 Å². The molecule has 0 aliphatic carbocycles. The first-order chi connectivity index (χ1) is 11.5. The van der Waals surface area contributed by atoms with Crippen LogP contribution in [0.2, 0.25) is 0 Å². The average Bonchev–Trinajstić information content (AvgIpc) is 2.98. The first-order valence-corrected chi connectivity index (χ1v) is 9.40. The highest BCUT2D eigenvalue weighted by atomic mass is 79.9. The number of aromatic amines is 1. The Balaban J connectivity index is 1.55. The summed E-state index contributed by atoms with van der Waals surface area (Å²) < 4.78 is 1.10. The van der Waals surface area contributed by atoms with Gasteiger partial charge in [-0.2, -0.15) is 0 Å². The minimum atomic E-state index is 0.000396. The topological polar surface area (TPSA) is 57.8 Å². The number of aryl methyl sites for hydroxylation is 2. The van der Waals surface area contributed by atoms with Crippen LogP contribution in [0.1, 0.15) is 17.0 Å². The number of thioether (sulfide) groups is 1. The third-order valence-corrected chi connectivity index (χ3v) is 5.72. The normalized spacial score (nSPS) is 11.0. The molecule has 6 heteroatoms. The van der Waals surface area contributed by atoms with E-state index >= 15 is 0 Å². The Morgan fingerprint density at radius 2 is 2.04 bits per heavy atom. The zero-order chi connectivity index (χ0) is 17.1. The molecule has 4 nitrogen and oxygen atoms in total. The smallest absolute Gasteiger partial charge is 0.230 e. The van der Waals surface area contributed by atoms with E-state index < -0.39 is 0 Å². The number of imidazole rings is 1. The molecular formula is C18H18BrN3OS. The van der Waals surface area contributed by atoms with E-state index in [-0.39, 0.29) is 5.91 Å². The standard InChI is InChI=1S/C18H18BrN3OS/c1-11-8-16(12(2)7-13(11)19)24-10-18(23)20-9-17-21-14-5-3-4-6-15(14)22-17/h3-8H,9-10H2,1-2H3,(H,20,23)(H,21,22). The molecule has 1 aromatic heterocycles. The second-order valence-electron chi connectivity index (χ2n) is 5.63. The Labute approximate surface area is 153 Å². The number of H-pyrrole nitrogens is 1. The summed E-state index contributed by atoms with van der Waals surface area (Å²) in [6, 6.07) is 12.0. The number of rotatable bonds is 5. The summed E-state index contributed by atoms with van der Waals surface area (Å²) in [6.45, 7) is 4.51. The van der Waals surface area contributed by atoms with Crippen molar-refractivity contribution < 1.29 is 4.79 Å². The van der Waals surface area contributed by atoms with Gasteiger partial charge in [-0.25, -0.2) is 4.98 Å². The number of halogens is 1. The lowest BCUT2D eigenvalue weighted by Crippen LogP contribution is -2.25. The first kappa shape index (κ1) is 17.0. The summed E-state index contributed by atoms with van der Waals surface area (Å²) >= 11 is 5.08. The zero-order valence-electron chi connectivity index (χ0n) is 13.5. The second kappa shape index (κ2) is 7.40. The fraction of sp³-hybridized carbons (Fsp3) is 0.222. The van der Waals surface area contributed by atoms with Crippen LogP contribution >= 0.6 is 27.7 Å². The molecule has 0 fully saturated rings. The van der Waals surface area contributed by atoms with Crippen molar-refractivity contribution in [2.75, 3.05) is 5.75 Å². The molecule has 2 aromatic carbocycles. The molecule has 3 rings (SSSR count). The molecule has 24 heavy (non-hydrogen) atoms. The van der Waals surface area contributed by atoms with E-state index in [0.717, 1.165) is 26.2 Å². The molecule has 0 saturated carbocycles. The Bertz CT molecular complexity index is 858. The summed E-state index contributed by atoms with van der Waals surface area (Å²) in [5.41, 5.74) is 4.24. The number of carbonyl (C=O) groups excluding carboxylic acids is 1. The monoisotopic (exact) mass is 403 g/mol. The van der Waals surface area contributed by atoms with Crippen LogP contribution in [-0.2, 0) is 11.3 Å². The number of nitrogens with one attached hydrogen (secondary N) is 2. The predicted molar refractivity (Wildman–Crippen MR) is 102 cm³/mol. The minimum absolute atomic E-state index is 0.000396. The summed E-state index contributed by atoms with van der Waals surface area (Å²) in [7, 11) is 0. The number of fused-ring (bicyclic) bond motifs is 1. The van der Waals surface area contributed by atoms with Crippen LogP contribution in [0.3, 0.4) is 0 Å². The molecule has 0 spiro atoms. The maximum atomic E-state index is 12.1. The van der Waals surface area contributed by atoms with E-state index in [2.05, 4.69) is 57.2 Å². The van der Waals surface area contributed by atoms with Gasteiger partial charge in [-0.05, 0) is 49.2 Å². The van der Waals surface area contributed by atoms with Crippen LogP contribution < -0.4 is 5.32 Å². The van der Waals surface area contributed by atoms with Crippen LogP contribution in [0.5, 0.6) is 0 Å². The summed E-state index contributed by atoms with van der Waals surface area (Å²) in [5.74, 6) is 1.16. The first-order valence-electron chi connectivity index (χ1n) is 7.63. The van der Waals surface area contributed by atoms with Gasteiger partial charge in [0.05, 0.1) is 23.3 Å².